The Labute approximate surface area is 423 Å². The molecule has 4 heterocycles. The largest absolute Gasteiger partial charge is 0.492 e. The van der Waals surface area contributed by atoms with Gasteiger partial charge in [-0.25, -0.2) is 0 Å². The standard InChI is InChI=1S/C52H57Cl2N3O15/c53-20-28-22-56(34-18-37(30-5-1-3-7-32(30)43(28)34)69-51-49(66)47(64)45(62)39(24-58)71-51)41(60)13-10-26-9-11-27(36(17-26)68-16-15-55)12-14-42(61)57-23-29(21-54)44-33-8-4-2-6-31(33)38(19-35(44)57)70-52-50(67)48(65)46(63)40(25-59)72-52/h1-9,11-12,14,17-19,28-29,39-40,45-52,58-59,62-67H,10,13,15-16,20-25,55H2/b14-12+/t28-,29-,39-,40-,45+,46+,47+,48+,49-,50-,51-,52-/m1/s1. The number of nitrogens with two attached hydrogens (primary N) is 1. The summed E-state index contributed by atoms with van der Waals surface area (Å²) in [7, 11) is 0. The minimum absolute atomic E-state index is 0.0844. The second kappa shape index (κ2) is 22.1. The van der Waals surface area contributed by atoms with Gasteiger partial charge < -0.3 is 80.1 Å². The molecule has 2 amide bonds. The van der Waals surface area contributed by atoms with Crippen LogP contribution in [0, 0.1) is 0 Å². The van der Waals surface area contributed by atoms with E-state index in [0.717, 1.165) is 27.5 Å². The normalized spacial score (nSPS) is 28.2. The highest BCUT2D eigenvalue weighted by molar-refractivity contribution is 6.20. The van der Waals surface area contributed by atoms with Crippen LogP contribution in [0.25, 0.3) is 27.6 Å². The molecule has 0 saturated carbocycles. The lowest BCUT2D eigenvalue weighted by molar-refractivity contribution is -0.277. The van der Waals surface area contributed by atoms with Crippen LogP contribution in [0.3, 0.4) is 0 Å². The lowest BCUT2D eigenvalue weighted by atomic mass is 9.95. The zero-order chi connectivity index (χ0) is 51.0. The van der Waals surface area contributed by atoms with Crippen molar-refractivity contribution in [2.75, 3.05) is 61.0 Å². The van der Waals surface area contributed by atoms with Gasteiger partial charge >= 0.3 is 0 Å². The van der Waals surface area contributed by atoms with Gasteiger partial charge in [0, 0.05) is 84.2 Å². The third-order valence-electron chi connectivity index (χ3n) is 13.9. The van der Waals surface area contributed by atoms with Crippen LogP contribution in [-0.2, 0) is 25.5 Å². The average Bonchev–Trinajstić information content (AvgIpc) is 3.98. The Bertz CT molecular complexity index is 2820. The third-order valence-corrected chi connectivity index (χ3v) is 14.6. The molecule has 4 aliphatic heterocycles. The molecule has 0 aliphatic carbocycles. The van der Waals surface area contributed by atoms with Gasteiger partial charge in [-0.3, -0.25) is 9.59 Å². The summed E-state index contributed by atoms with van der Waals surface area (Å²) >= 11 is 13.1. The van der Waals surface area contributed by atoms with Crippen molar-refractivity contribution >= 4 is 74.0 Å². The number of carbonyl (C=O) groups is 2. The maximum Gasteiger partial charge on any atom is 0.251 e. The number of ether oxygens (including phenoxy) is 5. The molecule has 0 spiro atoms. The van der Waals surface area contributed by atoms with Crippen molar-refractivity contribution in [2.45, 2.75) is 86.1 Å². The number of benzene rings is 5. The average molecular weight is 1030 g/mol. The molecule has 0 bridgehead atoms. The zero-order valence-electron chi connectivity index (χ0n) is 38.8. The topological polar surface area (TPSA) is 275 Å². The molecule has 0 radical (unpaired) electrons. The summed E-state index contributed by atoms with van der Waals surface area (Å²) in [6.45, 7) is -0.338. The summed E-state index contributed by atoms with van der Waals surface area (Å²) in [5.74, 6) is 0.282. The van der Waals surface area contributed by atoms with Crippen LogP contribution in [0.1, 0.15) is 40.5 Å². The number of rotatable bonds is 16. The molecule has 2 saturated heterocycles. The minimum atomic E-state index is -1.66. The monoisotopic (exact) mass is 1030 g/mol. The highest BCUT2D eigenvalue weighted by Gasteiger charge is 2.47. The molecule has 5 aromatic rings. The number of halogens is 2. The van der Waals surface area contributed by atoms with Gasteiger partial charge in [-0.15, -0.1) is 23.2 Å². The Morgan fingerprint density at radius 2 is 1.15 bits per heavy atom. The fraction of sp³-hybridized carbons (Fsp3) is 0.423. The van der Waals surface area contributed by atoms with Crippen molar-refractivity contribution in [3.8, 4) is 17.2 Å². The number of fused-ring (bicyclic) bond motifs is 6. The van der Waals surface area contributed by atoms with E-state index in [-0.39, 0.29) is 73.0 Å². The van der Waals surface area contributed by atoms with E-state index in [4.69, 9.17) is 52.6 Å². The number of nitrogens with zero attached hydrogens (tertiary/aromatic N) is 2. The molecule has 72 heavy (non-hydrogen) atoms. The summed E-state index contributed by atoms with van der Waals surface area (Å²) < 4.78 is 29.7. The fourth-order valence-corrected chi connectivity index (χ4v) is 10.6. The predicted molar refractivity (Wildman–Crippen MR) is 267 cm³/mol. The smallest absolute Gasteiger partial charge is 0.251 e. The van der Waals surface area contributed by atoms with Crippen molar-refractivity contribution in [3.63, 3.8) is 0 Å². The highest BCUT2D eigenvalue weighted by Crippen LogP contribution is 2.48. The van der Waals surface area contributed by atoms with Crippen LogP contribution in [0.2, 0.25) is 0 Å². The second-order valence-electron chi connectivity index (χ2n) is 18.3. The molecule has 12 atom stereocenters. The van der Waals surface area contributed by atoms with Crippen molar-refractivity contribution in [1.82, 2.24) is 0 Å². The highest BCUT2D eigenvalue weighted by atomic mass is 35.5. The summed E-state index contributed by atoms with van der Waals surface area (Å²) in [4.78, 5) is 31.7. The molecular weight excluding hydrogens is 977 g/mol. The van der Waals surface area contributed by atoms with Crippen molar-refractivity contribution in [3.05, 3.63) is 107 Å². The predicted octanol–water partition coefficient (Wildman–Crippen LogP) is 2.37. The number of aliphatic hydroxyl groups is 8. The number of aliphatic hydroxyl groups excluding tert-OH is 8. The van der Waals surface area contributed by atoms with Crippen LogP contribution in [0.15, 0.2) is 84.9 Å². The van der Waals surface area contributed by atoms with E-state index < -0.39 is 74.6 Å². The molecule has 2 fully saturated rings. The van der Waals surface area contributed by atoms with Gasteiger partial charge in [0.1, 0.15) is 72.7 Å². The number of aryl methyl sites for hydroxylation is 1. The lowest BCUT2D eigenvalue weighted by Gasteiger charge is -2.39. The van der Waals surface area contributed by atoms with Crippen molar-refractivity contribution < 1.29 is 74.1 Å². The maximum absolute atomic E-state index is 14.2. The summed E-state index contributed by atoms with van der Waals surface area (Å²) in [6.07, 6.45) is -11.6. The Kier molecular flexibility index (Phi) is 15.9. The lowest BCUT2D eigenvalue weighted by Crippen LogP contribution is -2.60. The third kappa shape index (κ3) is 9.84. The van der Waals surface area contributed by atoms with Crippen LogP contribution < -0.4 is 29.7 Å². The van der Waals surface area contributed by atoms with E-state index in [1.54, 1.807) is 52.3 Å². The van der Waals surface area contributed by atoms with Crippen LogP contribution in [-0.4, -0.2) is 165 Å². The molecule has 5 aromatic carbocycles. The molecule has 384 valence electrons. The van der Waals surface area contributed by atoms with Crippen molar-refractivity contribution in [2.24, 2.45) is 5.73 Å². The summed E-state index contributed by atoms with van der Waals surface area (Å²) in [5.41, 5.74) is 9.93. The number of anilines is 2. The van der Waals surface area contributed by atoms with Gasteiger partial charge in [-0.05, 0) is 46.0 Å². The van der Waals surface area contributed by atoms with Crippen molar-refractivity contribution in [1.29, 1.82) is 0 Å². The van der Waals surface area contributed by atoms with Crippen LogP contribution in [0.5, 0.6) is 17.2 Å². The first kappa shape index (κ1) is 51.7. The molecule has 20 heteroatoms. The zero-order valence-corrected chi connectivity index (χ0v) is 40.3. The SMILES string of the molecule is NCCOc1cc(CCC(=O)N2C[C@@H](CCl)c3c2cc(O[C@@H]2O[C@H](CO)[C@H](O)[C@H](O)[C@H]2O)c2ccccc32)ccc1/C=C/C(=O)N1C[C@@H](CCl)c2c1cc(O[C@@H]1O[C@H](CO)[C@H](O)[C@H](O)[C@H]1O)c1ccccc21. The summed E-state index contributed by atoms with van der Waals surface area (Å²) in [6, 6.07) is 23.5. The Balaban J connectivity index is 0.940. The minimum Gasteiger partial charge on any atom is -0.492 e. The quantitative estimate of drug-likeness (QED) is 0.0507. The molecule has 18 nitrogen and oxygen atoms in total. The van der Waals surface area contributed by atoms with Gasteiger partial charge in [0.25, 0.3) is 5.91 Å². The van der Waals surface area contributed by atoms with E-state index in [1.165, 1.54) is 6.08 Å². The molecule has 4 aliphatic rings. The first-order valence-corrected chi connectivity index (χ1v) is 24.8. The molecule has 0 unspecified atom stereocenters. The summed E-state index contributed by atoms with van der Waals surface area (Å²) in [5, 5.41) is 85.5. The van der Waals surface area contributed by atoms with Crippen LogP contribution in [0.4, 0.5) is 11.4 Å². The molecular formula is C52H57Cl2N3O15. The second-order valence-corrected chi connectivity index (χ2v) is 19.0. The number of carbonyl (C=O) groups excluding carboxylic acids is 2. The van der Waals surface area contributed by atoms with Gasteiger partial charge in [0.05, 0.1) is 24.6 Å². The van der Waals surface area contributed by atoms with Gasteiger partial charge in [0.15, 0.2) is 0 Å². The Hall–Kier alpha value is -5.16. The number of amides is 2. The fourth-order valence-electron chi connectivity index (χ4n) is 10.1. The Morgan fingerprint density at radius 3 is 1.65 bits per heavy atom. The first-order valence-electron chi connectivity index (χ1n) is 23.7. The van der Waals surface area contributed by atoms with E-state index in [1.807, 2.05) is 42.5 Å². The molecule has 10 N–H and O–H groups in total. The van der Waals surface area contributed by atoms with E-state index in [2.05, 4.69) is 0 Å². The maximum atomic E-state index is 14.2. The molecule has 0 aromatic heterocycles. The Morgan fingerprint density at radius 1 is 0.653 bits per heavy atom. The van der Waals surface area contributed by atoms with E-state index in [9.17, 15) is 50.4 Å². The first-order chi connectivity index (χ1) is 34.8. The van der Waals surface area contributed by atoms with E-state index >= 15 is 0 Å². The van der Waals surface area contributed by atoms with Gasteiger partial charge in [-0.2, -0.15) is 0 Å². The molecule has 9 rings (SSSR count). The van der Waals surface area contributed by atoms with Gasteiger partial charge in [-0.1, -0.05) is 60.7 Å². The van der Waals surface area contributed by atoms with E-state index in [0.29, 0.717) is 46.4 Å². The number of hydrogen-bond donors (Lipinski definition) is 9. The number of alkyl halides is 2. The number of hydrogen-bond acceptors (Lipinski definition) is 16. The van der Waals surface area contributed by atoms with Crippen LogP contribution >= 0.6 is 23.2 Å². The van der Waals surface area contributed by atoms with Gasteiger partial charge in [0.2, 0.25) is 18.5 Å².